The molecule has 0 aromatic heterocycles. The van der Waals surface area contributed by atoms with Crippen LogP contribution in [-0.4, -0.2) is 35.3 Å². The first-order chi connectivity index (χ1) is 9.10. The maximum Gasteiger partial charge on any atom is 0.322 e. The largest absolute Gasteiger partial charge is 0.325 e. The highest BCUT2D eigenvalue weighted by Gasteiger charge is 2.24. The van der Waals surface area contributed by atoms with Crippen molar-refractivity contribution in [2.75, 3.05) is 20.6 Å². The third kappa shape index (κ3) is 5.60. The lowest BCUT2D eigenvalue weighted by atomic mass is 9.92. The van der Waals surface area contributed by atoms with E-state index in [1.807, 2.05) is 32.0 Å². The van der Waals surface area contributed by atoms with E-state index in [1.54, 1.807) is 0 Å². The molecule has 0 bridgehead atoms. The zero-order valence-electron chi connectivity index (χ0n) is 12.7. The van der Waals surface area contributed by atoms with Gasteiger partial charge in [-0.3, -0.25) is 4.52 Å². The average molecular weight is 317 g/mol. The summed E-state index contributed by atoms with van der Waals surface area (Å²) < 4.78 is 5.38. The highest BCUT2D eigenvalue weighted by Crippen LogP contribution is 2.44. The van der Waals surface area contributed by atoms with Crippen LogP contribution < -0.4 is 0 Å². The molecule has 0 heterocycles. The molecule has 0 saturated carbocycles. The van der Waals surface area contributed by atoms with Crippen LogP contribution in [0.3, 0.4) is 0 Å². The predicted molar refractivity (Wildman–Crippen MR) is 86.4 cm³/mol. The van der Waals surface area contributed by atoms with Crippen molar-refractivity contribution in [1.82, 2.24) is 4.90 Å². The number of hydrogen-bond donors (Lipinski definition) is 2. The van der Waals surface area contributed by atoms with Crippen molar-refractivity contribution in [2.45, 2.75) is 32.8 Å². The Bertz CT molecular complexity index is 499. The summed E-state index contributed by atoms with van der Waals surface area (Å²) in [7, 11) is 3.83. The zero-order valence-corrected chi connectivity index (χ0v) is 14.4. The minimum atomic E-state index is -3.70. The van der Waals surface area contributed by atoms with Gasteiger partial charge in [0.25, 0.3) is 0 Å². The summed E-state index contributed by atoms with van der Waals surface area (Å²) in [5.41, 5.74) is 3.23. The second kappa shape index (κ2) is 7.12. The molecule has 1 rings (SSSR count). The Hall–Kier alpha value is -0.290. The zero-order chi connectivity index (χ0) is 15.5. The van der Waals surface area contributed by atoms with Gasteiger partial charge in [0.2, 0.25) is 0 Å². The van der Waals surface area contributed by atoms with Gasteiger partial charge in [-0.1, -0.05) is 37.6 Å². The third-order valence-electron chi connectivity index (χ3n) is 3.01. The quantitative estimate of drug-likeness (QED) is 0.790. The van der Waals surface area contributed by atoms with Crippen LogP contribution in [0.4, 0.5) is 0 Å². The minimum Gasteiger partial charge on any atom is -0.325 e. The van der Waals surface area contributed by atoms with E-state index in [2.05, 4.69) is 37.8 Å². The maximum absolute atomic E-state index is 9.50. The molecule has 2 N–H and O–H groups in total. The van der Waals surface area contributed by atoms with Gasteiger partial charge >= 0.3 is 6.72 Å². The topological polar surface area (TPSA) is 52.9 Å². The van der Waals surface area contributed by atoms with Gasteiger partial charge in [0.05, 0.1) is 0 Å². The van der Waals surface area contributed by atoms with Crippen LogP contribution >= 0.6 is 6.72 Å². The molecule has 0 aliphatic heterocycles. The lowest BCUT2D eigenvalue weighted by Gasteiger charge is -2.27. The number of nitrogens with zero attached hydrogens (tertiary/aromatic N) is 1. The smallest absolute Gasteiger partial charge is 0.322 e. The first kappa shape index (κ1) is 17.8. The van der Waals surface area contributed by atoms with Crippen molar-refractivity contribution in [3.05, 3.63) is 34.9 Å². The SMILES string of the molecule is Cc1ccc(C(C)C)c(C(CN(C)C)OP(O)(O)=S)c1. The molecule has 4 nitrogen and oxygen atoms in total. The Morgan fingerprint density at radius 2 is 1.85 bits per heavy atom. The second-order valence-corrected chi connectivity index (χ2v) is 8.25. The average Bonchev–Trinajstić information content (AvgIpc) is 2.24. The molecule has 1 aromatic rings. The first-order valence-corrected chi connectivity index (χ1v) is 9.22. The van der Waals surface area contributed by atoms with Crippen LogP contribution in [0.5, 0.6) is 0 Å². The molecule has 0 aliphatic carbocycles. The van der Waals surface area contributed by atoms with Gasteiger partial charge in [-0.2, -0.15) is 0 Å². The normalized spacial score (nSPS) is 14.1. The number of rotatable bonds is 6. The molecule has 0 fully saturated rings. The molecule has 1 atom stereocenters. The van der Waals surface area contributed by atoms with Crippen molar-refractivity contribution in [1.29, 1.82) is 0 Å². The van der Waals surface area contributed by atoms with E-state index in [0.717, 1.165) is 16.7 Å². The molecule has 1 unspecified atom stereocenters. The van der Waals surface area contributed by atoms with Crippen molar-refractivity contribution in [3.8, 4) is 0 Å². The van der Waals surface area contributed by atoms with Gasteiger partial charge in [-0.05, 0) is 49.9 Å². The highest BCUT2D eigenvalue weighted by atomic mass is 32.5. The molecular weight excluding hydrogens is 293 g/mol. The third-order valence-corrected chi connectivity index (χ3v) is 3.79. The lowest BCUT2D eigenvalue weighted by molar-refractivity contribution is 0.137. The molecule has 0 spiro atoms. The fourth-order valence-corrected chi connectivity index (χ4v) is 3.01. The monoisotopic (exact) mass is 317 g/mol. The van der Waals surface area contributed by atoms with Gasteiger partial charge in [0.1, 0.15) is 6.10 Å². The molecule has 6 heteroatoms. The molecule has 0 saturated heterocycles. The Labute approximate surface area is 126 Å². The molecule has 0 amide bonds. The minimum absolute atomic E-state index is 0.328. The molecule has 0 radical (unpaired) electrons. The lowest BCUT2D eigenvalue weighted by Crippen LogP contribution is -2.23. The van der Waals surface area contributed by atoms with E-state index in [9.17, 15) is 9.79 Å². The van der Waals surface area contributed by atoms with E-state index >= 15 is 0 Å². The Morgan fingerprint density at radius 1 is 1.25 bits per heavy atom. The van der Waals surface area contributed by atoms with Crippen LogP contribution in [0.15, 0.2) is 18.2 Å². The molecular formula is C14H24NO3PS. The molecule has 1 aromatic carbocycles. The summed E-state index contributed by atoms with van der Waals surface area (Å²) in [6, 6.07) is 6.16. The van der Waals surface area contributed by atoms with Crippen LogP contribution in [0, 0.1) is 6.92 Å². The Morgan fingerprint density at radius 3 is 2.30 bits per heavy atom. The second-order valence-electron chi connectivity index (χ2n) is 5.63. The summed E-state index contributed by atoms with van der Waals surface area (Å²) in [4.78, 5) is 21.0. The van der Waals surface area contributed by atoms with E-state index < -0.39 is 12.8 Å². The standard InChI is InChI=1S/C14H24NO3PS/c1-10(2)12-7-6-11(3)8-13(12)14(9-15(4)5)18-19(16,17)20/h6-8,10,14H,9H2,1-5H3,(H2,16,17,20). The van der Waals surface area contributed by atoms with E-state index in [-0.39, 0.29) is 0 Å². The number of hydrogen-bond acceptors (Lipinski definition) is 3. The van der Waals surface area contributed by atoms with E-state index in [4.69, 9.17) is 4.52 Å². The Balaban J connectivity index is 3.24. The van der Waals surface area contributed by atoms with Crippen LogP contribution in [0.25, 0.3) is 0 Å². The van der Waals surface area contributed by atoms with Crippen molar-refractivity contribution in [2.24, 2.45) is 0 Å². The summed E-state index contributed by atoms with van der Waals surface area (Å²) in [5.74, 6) is 0.328. The number of benzene rings is 1. The van der Waals surface area contributed by atoms with Gasteiger partial charge in [0.15, 0.2) is 0 Å². The highest BCUT2D eigenvalue weighted by molar-refractivity contribution is 8.06. The maximum atomic E-state index is 9.50. The van der Waals surface area contributed by atoms with Crippen LogP contribution in [-0.2, 0) is 16.3 Å². The van der Waals surface area contributed by atoms with Crippen molar-refractivity contribution < 1.29 is 14.3 Å². The number of aryl methyl sites for hydroxylation is 1. The van der Waals surface area contributed by atoms with Gasteiger partial charge in [-0.25, -0.2) is 0 Å². The molecule has 114 valence electrons. The molecule has 20 heavy (non-hydrogen) atoms. The van der Waals surface area contributed by atoms with Gasteiger partial charge in [-0.15, -0.1) is 0 Å². The summed E-state index contributed by atoms with van der Waals surface area (Å²) in [5, 5.41) is 0. The van der Waals surface area contributed by atoms with Gasteiger partial charge in [0, 0.05) is 6.54 Å². The predicted octanol–water partition coefficient (Wildman–Crippen LogP) is 2.95. The van der Waals surface area contributed by atoms with Crippen molar-refractivity contribution in [3.63, 3.8) is 0 Å². The van der Waals surface area contributed by atoms with Crippen molar-refractivity contribution >= 4 is 18.5 Å². The summed E-state index contributed by atoms with van der Waals surface area (Å²) in [6.07, 6.45) is -0.442. The Kier molecular flexibility index (Phi) is 6.32. The van der Waals surface area contributed by atoms with Crippen LogP contribution in [0.2, 0.25) is 0 Å². The summed E-state index contributed by atoms with van der Waals surface area (Å²) in [6.45, 7) is 3.06. The fourth-order valence-electron chi connectivity index (χ4n) is 2.18. The fraction of sp³-hybridized carbons (Fsp3) is 0.571. The van der Waals surface area contributed by atoms with E-state index in [0.29, 0.717) is 12.5 Å². The molecule has 0 aliphatic rings. The first-order valence-electron chi connectivity index (χ1n) is 6.59. The van der Waals surface area contributed by atoms with E-state index in [1.165, 1.54) is 0 Å². The number of likely N-dealkylation sites (N-methyl/N-ethyl adjacent to an activating group) is 1. The summed E-state index contributed by atoms with van der Waals surface area (Å²) >= 11 is 4.64. The van der Waals surface area contributed by atoms with Gasteiger partial charge < -0.3 is 14.7 Å². The van der Waals surface area contributed by atoms with Crippen LogP contribution in [0.1, 0.15) is 42.6 Å².